The minimum Gasteiger partial charge on any atom is -0.545 e. The van der Waals surface area contributed by atoms with E-state index < -0.39 is 27.6 Å². The number of carbonyl (C=O) groups is 1. The normalized spacial score (nSPS) is 9.63. The summed E-state index contributed by atoms with van der Waals surface area (Å²) in [5, 5.41) is 10.1. The monoisotopic (exact) mass is 553 g/mol. The van der Waals surface area contributed by atoms with E-state index in [1.165, 1.54) is 12.1 Å². The zero-order chi connectivity index (χ0) is 24.3. The van der Waals surface area contributed by atoms with Crippen molar-refractivity contribution in [3.05, 3.63) is 103 Å². The van der Waals surface area contributed by atoms with E-state index in [4.69, 9.17) is 18.6 Å². The van der Waals surface area contributed by atoms with Gasteiger partial charge in [-0.25, -0.2) is 28.0 Å². The van der Waals surface area contributed by atoms with Crippen LogP contribution in [0.15, 0.2) is 91.3 Å². The van der Waals surface area contributed by atoms with Crippen molar-refractivity contribution in [1.29, 1.82) is 0 Å². The first-order chi connectivity index (χ1) is 15.6. The van der Waals surface area contributed by atoms with Gasteiger partial charge in [-0.05, 0) is 42.5 Å². The smallest absolute Gasteiger partial charge is 0.545 e. The number of hydrogen-bond donors (Lipinski definition) is 0. The predicted octanol–water partition coefficient (Wildman–Crippen LogP) is -2.29. The van der Waals surface area contributed by atoms with Crippen molar-refractivity contribution < 1.29 is 65.7 Å². The number of rotatable bonds is 3. The molecule has 3 aromatic heterocycles. The topological polar surface area (TPSA) is 204 Å². The van der Waals surface area contributed by atoms with Gasteiger partial charge in [0, 0.05) is 18.0 Å². The number of carbonyl (C=O) groups excluding carboxylic acids is 1. The van der Waals surface area contributed by atoms with Crippen LogP contribution in [0.2, 0.25) is 0 Å². The van der Waals surface area contributed by atoms with E-state index in [-0.39, 0.29) is 22.5 Å². The Labute approximate surface area is 211 Å². The Hall–Kier alpha value is -3.32. The van der Waals surface area contributed by atoms with Crippen LogP contribution in [0, 0.1) is 16.1 Å². The molecule has 0 spiro atoms. The number of aromatic carboxylic acids is 1. The van der Waals surface area contributed by atoms with Gasteiger partial charge in [0.15, 0.2) is 0 Å². The number of aromatic nitrogens is 3. The Bertz CT molecular complexity index is 1110. The van der Waals surface area contributed by atoms with E-state index in [2.05, 4.69) is 15.0 Å². The standard InChI is InChI=1S/C15H11N3.C7H5FO2.ClHO4.Cu.H2O/c1-3-10-16-12(6-1)14-8-5-9-15(18-14)13-7-2-4-11-17-13;8-6-4-2-1-3-5(6)7(9)10;2-1(3,4)5;;/h1-11H;1-4H,(H,9,10);(H,2,3,4,5);;1H2/q;;;+2;/p-1. The summed E-state index contributed by atoms with van der Waals surface area (Å²) in [5.74, 6) is -2.25. The summed E-state index contributed by atoms with van der Waals surface area (Å²) in [6.45, 7) is 0. The Kier molecular flexibility index (Phi) is 14.1. The summed E-state index contributed by atoms with van der Waals surface area (Å²) in [7, 11) is -4.94. The summed E-state index contributed by atoms with van der Waals surface area (Å²) < 4.78 is 46.4. The maximum absolute atomic E-state index is 12.4. The number of carboxylic acids is 1. The molecule has 3 heterocycles. The number of nitrogens with zero attached hydrogens (tertiary/aromatic N) is 3. The van der Waals surface area contributed by atoms with Gasteiger partial charge in [-0.1, -0.05) is 36.4 Å². The predicted molar refractivity (Wildman–Crippen MR) is 106 cm³/mol. The molecule has 4 aromatic rings. The zero-order valence-electron chi connectivity index (χ0n) is 17.6. The minimum absolute atomic E-state index is 0. The molecule has 0 saturated heterocycles. The molecule has 0 saturated carbocycles. The van der Waals surface area contributed by atoms with Crippen LogP contribution in [0.5, 0.6) is 0 Å². The average molecular weight is 554 g/mol. The number of pyridine rings is 3. The Balaban J connectivity index is 0.000000581. The Morgan fingerprint density at radius 1 is 0.686 bits per heavy atom. The van der Waals surface area contributed by atoms with Crippen molar-refractivity contribution in [3.63, 3.8) is 0 Å². The molecule has 35 heavy (non-hydrogen) atoms. The second-order valence-corrected chi connectivity index (χ2v) is 6.74. The van der Waals surface area contributed by atoms with Crippen LogP contribution >= 0.6 is 0 Å². The van der Waals surface area contributed by atoms with E-state index >= 15 is 0 Å². The molecule has 0 amide bonds. The Morgan fingerprint density at radius 2 is 1.09 bits per heavy atom. The van der Waals surface area contributed by atoms with Gasteiger partial charge in [-0.2, -0.15) is 0 Å². The maximum Gasteiger partial charge on any atom is 2.00 e. The molecule has 10 nitrogen and oxygen atoms in total. The summed E-state index contributed by atoms with van der Waals surface area (Å²) in [6, 6.07) is 22.6. The van der Waals surface area contributed by atoms with Crippen LogP contribution in [0.3, 0.4) is 0 Å². The van der Waals surface area contributed by atoms with Gasteiger partial charge in [-0.3, -0.25) is 9.97 Å². The Morgan fingerprint density at radius 3 is 1.43 bits per heavy atom. The van der Waals surface area contributed by atoms with Gasteiger partial charge in [0.25, 0.3) is 0 Å². The van der Waals surface area contributed by atoms with Crippen LogP contribution in [-0.2, 0) is 22.5 Å². The molecule has 1 aromatic carbocycles. The second kappa shape index (κ2) is 15.6. The molecular formula is C22H18ClCuFN3O7+. The van der Waals surface area contributed by atoms with Gasteiger partial charge in [-0.15, -0.1) is 10.2 Å². The first kappa shape index (κ1) is 31.7. The van der Waals surface area contributed by atoms with Crippen molar-refractivity contribution in [2.75, 3.05) is 0 Å². The molecule has 0 bridgehead atoms. The van der Waals surface area contributed by atoms with Crippen molar-refractivity contribution >= 4 is 5.97 Å². The quantitative estimate of drug-likeness (QED) is 0.197. The molecule has 0 unspecified atom stereocenters. The van der Waals surface area contributed by atoms with Gasteiger partial charge < -0.3 is 15.4 Å². The third kappa shape index (κ3) is 12.1. The zero-order valence-corrected chi connectivity index (χ0v) is 19.3. The van der Waals surface area contributed by atoms with Crippen LogP contribution < -0.4 is 23.7 Å². The van der Waals surface area contributed by atoms with Crippen molar-refractivity contribution in [1.82, 2.24) is 15.0 Å². The molecule has 3 N–H and O–H groups in total. The minimum atomic E-state index is -4.94. The molecule has 0 aliphatic rings. The SMILES string of the molecule is O=C([O-])c1ccccc1F.[Cu+2].[O-][Cl+3]([O-])([O-])[O-].[OH3+].c1ccc(-c2cccc(-c3ccccn3)n2)nc1. The summed E-state index contributed by atoms with van der Waals surface area (Å²) in [6.07, 6.45) is 3.54. The first-order valence-corrected chi connectivity index (χ1v) is 10.3. The summed E-state index contributed by atoms with van der Waals surface area (Å²) in [4.78, 5) is 23.3. The van der Waals surface area contributed by atoms with Gasteiger partial charge >= 0.3 is 17.1 Å². The molecule has 13 heteroatoms. The van der Waals surface area contributed by atoms with E-state index in [1.54, 1.807) is 12.4 Å². The van der Waals surface area contributed by atoms with E-state index in [1.807, 2.05) is 54.6 Å². The molecule has 187 valence electrons. The van der Waals surface area contributed by atoms with Gasteiger partial charge in [0.2, 0.25) is 0 Å². The second-order valence-electron chi connectivity index (χ2n) is 5.98. The van der Waals surface area contributed by atoms with Gasteiger partial charge in [0.05, 0.1) is 28.7 Å². The summed E-state index contributed by atoms with van der Waals surface area (Å²) >= 11 is 0. The van der Waals surface area contributed by atoms with Crippen molar-refractivity contribution in [2.45, 2.75) is 0 Å². The first-order valence-electron chi connectivity index (χ1n) is 9.02. The van der Waals surface area contributed by atoms with Crippen LogP contribution in [-0.4, -0.2) is 20.9 Å². The average Bonchev–Trinajstić information content (AvgIpc) is 2.80. The van der Waals surface area contributed by atoms with Crippen molar-refractivity contribution in [3.8, 4) is 22.8 Å². The fourth-order valence-corrected chi connectivity index (χ4v) is 2.38. The van der Waals surface area contributed by atoms with Gasteiger partial charge in [0.1, 0.15) is 5.82 Å². The molecule has 0 atom stereocenters. The van der Waals surface area contributed by atoms with E-state index in [0.29, 0.717) is 0 Å². The molecule has 4 rings (SSSR count). The number of hydrogen-bond acceptors (Lipinski definition) is 9. The number of halogens is 2. The molecule has 0 fully saturated rings. The molecular weight excluding hydrogens is 536 g/mol. The van der Waals surface area contributed by atoms with E-state index in [0.717, 1.165) is 34.9 Å². The van der Waals surface area contributed by atoms with E-state index in [9.17, 15) is 14.3 Å². The number of carboxylic acid groups (broad SMARTS) is 1. The fraction of sp³-hybridized carbons (Fsp3) is 0. The molecule has 0 aliphatic carbocycles. The third-order valence-electron chi connectivity index (χ3n) is 3.70. The van der Waals surface area contributed by atoms with Crippen LogP contribution in [0.25, 0.3) is 22.8 Å². The van der Waals surface area contributed by atoms with Crippen LogP contribution in [0.1, 0.15) is 10.4 Å². The van der Waals surface area contributed by atoms with Crippen molar-refractivity contribution in [2.24, 2.45) is 0 Å². The largest absolute Gasteiger partial charge is 2.00 e. The third-order valence-corrected chi connectivity index (χ3v) is 3.70. The molecule has 0 aliphatic heterocycles. The maximum atomic E-state index is 12.4. The number of benzene rings is 1. The summed E-state index contributed by atoms with van der Waals surface area (Å²) in [5.41, 5.74) is 3.06. The van der Waals surface area contributed by atoms with Crippen LogP contribution in [0.4, 0.5) is 4.39 Å². The fourth-order valence-electron chi connectivity index (χ4n) is 2.38. The molecule has 1 radical (unpaired) electrons.